The Morgan fingerprint density at radius 2 is 2.00 bits per heavy atom. The summed E-state index contributed by atoms with van der Waals surface area (Å²) >= 11 is 2.51. The second-order valence-electron chi connectivity index (χ2n) is 6.05. The molecule has 110 valence electrons. The standard InChI is InChI=1S/C19H23IP/c1-3-4-5-6-11-21-18-12-14(2)7-9-16(18)17-10-8-15(20)13-19(17)21/h7-10,12H,3-6,11,13H2,1-2H3/q+1. The first-order chi connectivity index (χ1) is 10.2. The van der Waals surface area contributed by atoms with E-state index in [4.69, 9.17) is 0 Å². The molecule has 0 nitrogen and oxygen atoms in total. The third kappa shape index (κ3) is 3.19. The SMILES string of the molecule is CCCCCC[P+]1=C2CC(I)=CC=C2c2ccc(C)cc21. The quantitative estimate of drug-likeness (QED) is 0.319. The lowest BCUT2D eigenvalue weighted by Gasteiger charge is -2.06. The summed E-state index contributed by atoms with van der Waals surface area (Å²) in [5.74, 6) is 0. The fourth-order valence-corrected chi connectivity index (χ4v) is 7.16. The van der Waals surface area contributed by atoms with Crippen LogP contribution in [0.25, 0.3) is 5.57 Å². The fraction of sp³-hybridized carbons (Fsp3) is 0.421. The summed E-state index contributed by atoms with van der Waals surface area (Å²) in [5.41, 5.74) is 4.49. The highest BCUT2D eigenvalue weighted by Crippen LogP contribution is 2.45. The van der Waals surface area contributed by atoms with Crippen LogP contribution in [0.2, 0.25) is 0 Å². The Hall–Kier alpha value is -0.400. The number of unbranched alkanes of at least 4 members (excludes halogenated alkanes) is 3. The van der Waals surface area contributed by atoms with E-state index in [9.17, 15) is 0 Å². The van der Waals surface area contributed by atoms with Crippen LogP contribution in [0, 0.1) is 6.92 Å². The van der Waals surface area contributed by atoms with E-state index in [1.165, 1.54) is 53.0 Å². The smallest absolute Gasteiger partial charge is 0.0654 e. The van der Waals surface area contributed by atoms with Gasteiger partial charge in [0.1, 0.15) is 19.0 Å². The molecule has 0 fully saturated rings. The minimum atomic E-state index is -0.0751. The topological polar surface area (TPSA) is 0 Å². The van der Waals surface area contributed by atoms with Crippen molar-refractivity contribution in [3.05, 3.63) is 45.1 Å². The van der Waals surface area contributed by atoms with E-state index < -0.39 is 0 Å². The van der Waals surface area contributed by atoms with Crippen LogP contribution < -0.4 is 5.30 Å². The highest BCUT2D eigenvalue weighted by molar-refractivity contribution is 14.1. The second kappa shape index (κ2) is 6.79. The summed E-state index contributed by atoms with van der Waals surface area (Å²) in [6, 6.07) is 7.09. The van der Waals surface area contributed by atoms with Crippen LogP contribution in [0.3, 0.4) is 0 Å². The molecule has 0 aromatic heterocycles. The molecule has 0 radical (unpaired) electrons. The summed E-state index contributed by atoms with van der Waals surface area (Å²) in [6.07, 6.45) is 12.8. The number of allylic oxidation sites excluding steroid dienone is 4. The minimum Gasteiger partial charge on any atom is -0.0654 e. The summed E-state index contributed by atoms with van der Waals surface area (Å²) in [7, 11) is -0.0751. The van der Waals surface area contributed by atoms with Gasteiger partial charge in [0.15, 0.2) is 5.30 Å². The van der Waals surface area contributed by atoms with E-state index >= 15 is 0 Å². The Morgan fingerprint density at radius 1 is 1.14 bits per heavy atom. The number of hydrogen-bond donors (Lipinski definition) is 0. The van der Waals surface area contributed by atoms with Gasteiger partial charge in [0.25, 0.3) is 0 Å². The number of benzene rings is 1. The largest absolute Gasteiger partial charge is 0.157 e. The van der Waals surface area contributed by atoms with Gasteiger partial charge in [-0.2, -0.15) is 0 Å². The maximum atomic E-state index is 2.51. The molecule has 0 bridgehead atoms. The second-order valence-corrected chi connectivity index (χ2v) is 9.76. The zero-order valence-corrected chi connectivity index (χ0v) is 16.0. The third-order valence-corrected chi connectivity index (χ3v) is 7.88. The van der Waals surface area contributed by atoms with Gasteiger partial charge in [-0.05, 0) is 69.7 Å². The van der Waals surface area contributed by atoms with Gasteiger partial charge in [-0.25, -0.2) is 0 Å². The molecule has 0 amide bonds. The van der Waals surface area contributed by atoms with Crippen molar-refractivity contribution in [3.63, 3.8) is 0 Å². The predicted molar refractivity (Wildman–Crippen MR) is 106 cm³/mol. The van der Waals surface area contributed by atoms with E-state index in [2.05, 4.69) is 66.8 Å². The van der Waals surface area contributed by atoms with Crippen molar-refractivity contribution >= 4 is 46.3 Å². The average molecular weight is 409 g/mol. The third-order valence-electron chi connectivity index (χ3n) is 4.37. The van der Waals surface area contributed by atoms with Crippen molar-refractivity contribution in [2.45, 2.75) is 46.0 Å². The molecule has 2 aliphatic rings. The van der Waals surface area contributed by atoms with Gasteiger partial charge in [0.2, 0.25) is 0 Å². The molecule has 0 N–H and O–H groups in total. The molecule has 1 unspecified atom stereocenters. The average Bonchev–Trinajstić information content (AvgIpc) is 2.76. The van der Waals surface area contributed by atoms with Crippen LogP contribution >= 0.6 is 30.1 Å². The minimum absolute atomic E-state index is 0.0751. The van der Waals surface area contributed by atoms with Crippen LogP contribution in [0.4, 0.5) is 0 Å². The Kier molecular flexibility index (Phi) is 5.01. The predicted octanol–water partition coefficient (Wildman–Crippen LogP) is 5.97. The molecular weight excluding hydrogens is 386 g/mol. The highest BCUT2D eigenvalue weighted by Gasteiger charge is 2.37. The van der Waals surface area contributed by atoms with Crippen molar-refractivity contribution in [2.75, 3.05) is 6.16 Å². The van der Waals surface area contributed by atoms with Crippen LogP contribution in [0.15, 0.2) is 33.9 Å². The Balaban J connectivity index is 1.95. The molecule has 0 saturated carbocycles. The summed E-state index contributed by atoms with van der Waals surface area (Å²) < 4.78 is 1.50. The molecule has 1 aromatic carbocycles. The highest BCUT2D eigenvalue weighted by atomic mass is 127. The molecule has 1 aliphatic carbocycles. The van der Waals surface area contributed by atoms with Gasteiger partial charge in [-0.3, -0.25) is 0 Å². The van der Waals surface area contributed by atoms with Crippen molar-refractivity contribution in [2.24, 2.45) is 0 Å². The molecule has 1 aromatic rings. The first-order valence-electron chi connectivity index (χ1n) is 8.02. The van der Waals surface area contributed by atoms with E-state index in [0.717, 1.165) is 0 Å². The number of fused-ring (bicyclic) bond motifs is 3. The van der Waals surface area contributed by atoms with Crippen molar-refractivity contribution in [1.82, 2.24) is 0 Å². The van der Waals surface area contributed by atoms with Gasteiger partial charge in [-0.15, -0.1) is 0 Å². The van der Waals surface area contributed by atoms with Crippen LogP contribution in [-0.2, 0) is 0 Å². The van der Waals surface area contributed by atoms with Gasteiger partial charge in [0.05, 0.1) is 0 Å². The van der Waals surface area contributed by atoms with Crippen molar-refractivity contribution in [3.8, 4) is 0 Å². The lowest BCUT2D eigenvalue weighted by molar-refractivity contribution is 0.706. The van der Waals surface area contributed by atoms with E-state index in [1.54, 1.807) is 16.2 Å². The van der Waals surface area contributed by atoms with E-state index in [-0.39, 0.29) is 7.55 Å². The van der Waals surface area contributed by atoms with Crippen LogP contribution in [0.5, 0.6) is 0 Å². The van der Waals surface area contributed by atoms with Crippen molar-refractivity contribution < 1.29 is 0 Å². The van der Waals surface area contributed by atoms with Gasteiger partial charge < -0.3 is 0 Å². The Bertz CT molecular complexity index is 650. The Labute approximate surface area is 143 Å². The summed E-state index contributed by atoms with van der Waals surface area (Å²) in [6.45, 7) is 4.53. The molecule has 3 rings (SSSR count). The normalized spacial score (nSPS) is 18.2. The van der Waals surface area contributed by atoms with Crippen LogP contribution in [0.1, 0.15) is 50.2 Å². The molecule has 21 heavy (non-hydrogen) atoms. The number of hydrogen-bond acceptors (Lipinski definition) is 0. The molecule has 1 aliphatic heterocycles. The zero-order chi connectivity index (χ0) is 14.8. The molecule has 1 heterocycles. The van der Waals surface area contributed by atoms with Gasteiger partial charge in [0, 0.05) is 17.6 Å². The van der Waals surface area contributed by atoms with Gasteiger partial charge in [-0.1, -0.05) is 31.9 Å². The van der Waals surface area contributed by atoms with Crippen LogP contribution in [-0.4, -0.2) is 11.5 Å². The lowest BCUT2D eigenvalue weighted by Crippen LogP contribution is -2.02. The summed E-state index contributed by atoms with van der Waals surface area (Å²) in [4.78, 5) is 0. The maximum Gasteiger partial charge on any atom is 0.157 e. The lowest BCUT2D eigenvalue weighted by atomic mass is 9.97. The zero-order valence-electron chi connectivity index (χ0n) is 13.0. The van der Waals surface area contributed by atoms with E-state index in [1.807, 2.05) is 0 Å². The number of aryl methyl sites for hydroxylation is 1. The first-order valence-corrected chi connectivity index (χ1v) is 10.6. The van der Waals surface area contributed by atoms with E-state index in [0.29, 0.717) is 0 Å². The van der Waals surface area contributed by atoms with Crippen molar-refractivity contribution in [1.29, 1.82) is 0 Å². The van der Waals surface area contributed by atoms with Gasteiger partial charge >= 0.3 is 0 Å². The monoisotopic (exact) mass is 409 g/mol. The molecule has 0 spiro atoms. The number of rotatable bonds is 5. The molecule has 1 atom stereocenters. The Morgan fingerprint density at radius 3 is 2.81 bits per heavy atom. The number of halogens is 1. The molecule has 2 heteroatoms. The molecular formula is C19H23IP+. The first kappa shape index (κ1) is 15.5. The molecule has 0 saturated heterocycles. The summed E-state index contributed by atoms with van der Waals surface area (Å²) in [5, 5.41) is 3.40. The maximum absolute atomic E-state index is 2.51. The fourth-order valence-electron chi connectivity index (χ4n) is 3.26.